The minimum atomic E-state index is -0.438. The second-order valence-corrected chi connectivity index (χ2v) is 12.2. The predicted molar refractivity (Wildman–Crippen MR) is 127 cm³/mol. The highest BCUT2D eigenvalue weighted by Crippen LogP contribution is 2.71. The molecule has 7 aliphatic rings. The Morgan fingerprint density at radius 1 is 1.15 bits per heavy atom. The highest BCUT2D eigenvalue weighted by Gasteiger charge is 2.83. The molecule has 6 heterocycles. The lowest BCUT2D eigenvalue weighted by Crippen LogP contribution is -2.84. The molecule has 0 radical (unpaired) electrons. The van der Waals surface area contributed by atoms with Crippen molar-refractivity contribution in [3.63, 3.8) is 0 Å². The van der Waals surface area contributed by atoms with Gasteiger partial charge >= 0.3 is 0 Å². The monoisotopic (exact) mass is 454 g/mol. The van der Waals surface area contributed by atoms with E-state index in [4.69, 9.17) is 0 Å². The van der Waals surface area contributed by atoms with Crippen LogP contribution in [-0.2, 0) is 5.41 Å². The second kappa shape index (κ2) is 6.94. The summed E-state index contributed by atoms with van der Waals surface area (Å²) in [5, 5.41) is 35.5. The van der Waals surface area contributed by atoms with Crippen molar-refractivity contribution in [1.82, 2.24) is 4.90 Å². The minimum Gasteiger partial charge on any atom is -0.392 e. The molecule has 0 aromatic heterocycles. The number of aliphatic hydroxyl groups excluding tert-OH is 3. The summed E-state index contributed by atoms with van der Waals surface area (Å²) < 4.78 is 0.622. The summed E-state index contributed by atoms with van der Waals surface area (Å²) in [4.78, 5) is 4.83. The maximum Gasteiger partial charge on any atom is 0.194 e. The SMILES string of the molecule is CCC1C2CC3C4N(C)c5ccccc5C45CC(C2C5O)[N+]3(CC(O)CN2CCCC2)C1O. The molecule has 11 atom stereocenters. The predicted octanol–water partition coefficient (Wildman–Crippen LogP) is 1.53. The lowest BCUT2D eigenvalue weighted by molar-refractivity contribution is -1.04. The van der Waals surface area contributed by atoms with Crippen LogP contribution in [0.15, 0.2) is 24.3 Å². The van der Waals surface area contributed by atoms with Crippen molar-refractivity contribution in [3.8, 4) is 0 Å². The third kappa shape index (κ3) is 2.33. The van der Waals surface area contributed by atoms with Gasteiger partial charge in [0.25, 0.3) is 0 Å². The van der Waals surface area contributed by atoms with Crippen LogP contribution in [0.5, 0.6) is 0 Å². The molecule has 6 aliphatic heterocycles. The number of anilines is 1. The van der Waals surface area contributed by atoms with Gasteiger partial charge in [-0.25, -0.2) is 0 Å². The highest BCUT2D eigenvalue weighted by atomic mass is 16.3. The Bertz CT molecular complexity index is 952. The molecule has 8 rings (SSSR count). The van der Waals surface area contributed by atoms with Crippen molar-refractivity contribution in [1.29, 1.82) is 0 Å². The number of aliphatic hydroxyl groups is 3. The Kier molecular flexibility index (Phi) is 4.45. The summed E-state index contributed by atoms with van der Waals surface area (Å²) in [7, 11) is 2.20. The van der Waals surface area contributed by atoms with E-state index in [2.05, 4.69) is 48.0 Å². The number of benzene rings is 1. The molecule has 180 valence electrons. The van der Waals surface area contributed by atoms with Gasteiger partial charge in [0.15, 0.2) is 6.23 Å². The molecule has 1 saturated carbocycles. The summed E-state index contributed by atoms with van der Waals surface area (Å²) in [5.74, 6) is 0.820. The largest absolute Gasteiger partial charge is 0.392 e. The first-order valence-electron chi connectivity index (χ1n) is 13.4. The number of fused-ring (bicyclic) bond motifs is 2. The zero-order chi connectivity index (χ0) is 22.7. The van der Waals surface area contributed by atoms with E-state index in [0.717, 1.165) is 32.4 Å². The first-order valence-corrected chi connectivity index (χ1v) is 13.4. The average molecular weight is 455 g/mol. The van der Waals surface area contributed by atoms with Crippen molar-refractivity contribution in [2.75, 3.05) is 38.1 Å². The molecule has 6 heteroatoms. The van der Waals surface area contributed by atoms with Crippen molar-refractivity contribution in [3.05, 3.63) is 29.8 Å². The van der Waals surface area contributed by atoms with Gasteiger partial charge in [0.05, 0.1) is 23.6 Å². The summed E-state index contributed by atoms with van der Waals surface area (Å²) >= 11 is 0. The molecule has 5 bridgehead atoms. The number of hydrogen-bond donors (Lipinski definition) is 3. The third-order valence-corrected chi connectivity index (χ3v) is 11.3. The van der Waals surface area contributed by atoms with Gasteiger partial charge in [-0.05, 0) is 49.9 Å². The first kappa shape index (κ1) is 21.1. The summed E-state index contributed by atoms with van der Waals surface area (Å²) in [5.41, 5.74) is 2.34. The van der Waals surface area contributed by atoms with Crippen LogP contribution in [0.25, 0.3) is 0 Å². The summed E-state index contributed by atoms with van der Waals surface area (Å²) in [6.07, 6.45) is 4.15. The Labute approximate surface area is 197 Å². The van der Waals surface area contributed by atoms with Crippen LogP contribution in [0, 0.1) is 17.8 Å². The van der Waals surface area contributed by atoms with Gasteiger partial charge in [-0.2, -0.15) is 0 Å². The third-order valence-electron chi connectivity index (χ3n) is 11.3. The van der Waals surface area contributed by atoms with Crippen molar-refractivity contribution in [2.45, 2.75) is 81.0 Å². The fraction of sp³-hybridized carbons (Fsp3) is 0.778. The molecule has 1 spiro atoms. The number of piperidine rings is 4. The topological polar surface area (TPSA) is 67.2 Å². The van der Waals surface area contributed by atoms with Gasteiger partial charge in [0.2, 0.25) is 0 Å². The van der Waals surface area contributed by atoms with Crippen molar-refractivity contribution < 1.29 is 19.8 Å². The molecular weight excluding hydrogens is 414 g/mol. The molecule has 1 aliphatic carbocycles. The first-order chi connectivity index (χ1) is 15.9. The van der Waals surface area contributed by atoms with E-state index in [0.29, 0.717) is 23.5 Å². The molecule has 3 N–H and O–H groups in total. The number of hydrogen-bond acceptors (Lipinski definition) is 5. The smallest absolute Gasteiger partial charge is 0.194 e. The minimum absolute atomic E-state index is 0.183. The lowest BCUT2D eigenvalue weighted by atomic mass is 9.60. The zero-order valence-electron chi connectivity index (χ0n) is 20.1. The standard InChI is InChI=1S/C27H40N3O3/c1-3-17-18-12-21-24-27(19-8-4-5-9-20(19)28(24)2)13-22(23(18)25(27)32)30(21,26(17)33)15-16(31)14-29-10-6-7-11-29/h4-5,8-9,16-18,21-26,31-33H,3,6-7,10-15H2,1-2H3/q+1. The number of likely N-dealkylation sites (N-methyl/N-ethyl adjacent to an activating group) is 1. The number of rotatable bonds is 5. The fourth-order valence-electron chi connectivity index (χ4n) is 10.4. The van der Waals surface area contributed by atoms with E-state index in [1.165, 1.54) is 24.1 Å². The van der Waals surface area contributed by atoms with Gasteiger partial charge in [-0.15, -0.1) is 0 Å². The van der Waals surface area contributed by atoms with Gasteiger partial charge in [-0.3, -0.25) is 4.48 Å². The van der Waals surface area contributed by atoms with Gasteiger partial charge < -0.3 is 25.1 Å². The molecule has 11 unspecified atom stereocenters. The van der Waals surface area contributed by atoms with Crippen molar-refractivity contribution in [2.24, 2.45) is 17.8 Å². The average Bonchev–Trinajstić information content (AvgIpc) is 3.45. The summed E-state index contributed by atoms with van der Waals surface area (Å²) in [6, 6.07) is 9.38. The molecule has 0 amide bonds. The van der Waals surface area contributed by atoms with E-state index in [1.807, 2.05) is 0 Å². The highest BCUT2D eigenvalue weighted by molar-refractivity contribution is 5.66. The number of likely N-dealkylation sites (tertiary alicyclic amines) is 1. The van der Waals surface area contributed by atoms with E-state index in [1.54, 1.807) is 0 Å². The molecular formula is C27H40N3O3+. The Hall–Kier alpha value is -1.18. The zero-order valence-corrected chi connectivity index (χ0v) is 20.1. The van der Waals surface area contributed by atoms with Crippen LogP contribution in [-0.4, -0.2) is 94.5 Å². The normalized spacial score (nSPS) is 50.2. The Morgan fingerprint density at radius 3 is 2.67 bits per heavy atom. The molecule has 5 saturated heterocycles. The van der Waals surface area contributed by atoms with Crippen molar-refractivity contribution >= 4 is 5.69 Å². The number of quaternary nitrogens is 1. The number of para-hydroxylation sites is 1. The maximum absolute atomic E-state index is 12.1. The van der Waals surface area contributed by atoms with Gasteiger partial charge in [0, 0.05) is 44.0 Å². The van der Waals surface area contributed by atoms with Crippen LogP contribution in [0.1, 0.15) is 44.6 Å². The van der Waals surface area contributed by atoms with Crippen LogP contribution in [0.2, 0.25) is 0 Å². The summed E-state index contributed by atoms with van der Waals surface area (Å²) in [6.45, 7) is 5.70. The second-order valence-electron chi connectivity index (χ2n) is 12.2. The van der Waals surface area contributed by atoms with E-state index >= 15 is 0 Å². The Morgan fingerprint density at radius 2 is 1.91 bits per heavy atom. The maximum atomic E-state index is 12.1. The van der Waals surface area contributed by atoms with E-state index in [9.17, 15) is 15.3 Å². The van der Waals surface area contributed by atoms with Crippen LogP contribution >= 0.6 is 0 Å². The van der Waals surface area contributed by atoms with Gasteiger partial charge in [-0.1, -0.05) is 25.1 Å². The quantitative estimate of drug-likeness (QED) is 0.589. The molecule has 1 aromatic carbocycles. The molecule has 6 nitrogen and oxygen atoms in total. The number of nitrogens with zero attached hydrogens (tertiary/aromatic N) is 3. The lowest BCUT2D eigenvalue weighted by Gasteiger charge is -2.68. The molecule has 33 heavy (non-hydrogen) atoms. The van der Waals surface area contributed by atoms with E-state index < -0.39 is 12.3 Å². The number of β-amino-alcohol motifs (C(OH)–C–C–N with tert-alkyl or cyclic N) is 1. The van der Waals surface area contributed by atoms with Gasteiger partial charge in [0.1, 0.15) is 18.7 Å². The van der Waals surface area contributed by atoms with Crippen LogP contribution in [0.3, 0.4) is 0 Å². The molecule has 1 aromatic rings. The van der Waals surface area contributed by atoms with Crippen LogP contribution in [0.4, 0.5) is 5.69 Å². The van der Waals surface area contributed by atoms with E-state index in [-0.39, 0.29) is 41.5 Å². The Balaban J connectivity index is 1.35. The van der Waals surface area contributed by atoms with Crippen LogP contribution < -0.4 is 4.90 Å². The molecule has 6 fully saturated rings. The fourth-order valence-corrected chi connectivity index (χ4v) is 10.4.